The summed E-state index contributed by atoms with van der Waals surface area (Å²) in [6.07, 6.45) is 0. The van der Waals surface area contributed by atoms with Gasteiger partial charge in [0.15, 0.2) is 0 Å². The van der Waals surface area contributed by atoms with Gasteiger partial charge < -0.3 is 0 Å². The first-order valence-corrected chi connectivity index (χ1v) is 15.8. The van der Waals surface area contributed by atoms with Crippen molar-refractivity contribution in [3.05, 3.63) is 136 Å². The molecule has 0 N–H and O–H groups in total. The van der Waals surface area contributed by atoms with E-state index in [4.69, 9.17) is 16.6 Å². The van der Waals surface area contributed by atoms with Crippen molar-refractivity contribution >= 4 is 30.1 Å². The molecular formula is C21H12N12O9S3. The molecule has 0 spiro atoms. The fourth-order valence-electron chi connectivity index (χ4n) is 4.02. The zero-order valence-corrected chi connectivity index (χ0v) is 24.1. The quantitative estimate of drug-likeness (QED) is 0.142. The zero-order chi connectivity index (χ0) is 33.2. The molecule has 1 heterocycles. The molecule has 0 fully saturated rings. The Morgan fingerprint density at radius 1 is 0.444 bits per heavy atom. The Morgan fingerprint density at radius 2 is 0.667 bits per heavy atom. The van der Waals surface area contributed by atoms with E-state index in [0.717, 1.165) is 72.8 Å². The van der Waals surface area contributed by atoms with Gasteiger partial charge in [0.2, 0.25) is 0 Å². The Hall–Kier alpha value is -6.15. The smallest absolute Gasteiger partial charge is 0.246 e. The Morgan fingerprint density at radius 3 is 0.889 bits per heavy atom. The van der Waals surface area contributed by atoms with Crippen molar-refractivity contribution in [1.82, 2.24) is 13.7 Å². The highest BCUT2D eigenvalue weighted by Crippen LogP contribution is 2.24. The SMILES string of the molecule is [N-]=[N+]=NS(=O)(=O)c1ccccc1-n1c(=O)n(-c2ccccc2S(=O)(=O)N=[N+]=[N-])c(=O)n(-c2ccccc2S(=O)(=O)N=[N+]=[N-])c1=O. The van der Waals surface area contributed by atoms with E-state index in [1.807, 2.05) is 0 Å². The normalized spacial score (nSPS) is 11.5. The third-order valence-electron chi connectivity index (χ3n) is 5.73. The fourth-order valence-corrected chi connectivity index (χ4v) is 6.59. The molecule has 4 rings (SSSR count). The molecule has 3 aromatic carbocycles. The van der Waals surface area contributed by atoms with Gasteiger partial charge in [0.25, 0.3) is 30.1 Å². The standard InChI is InChI=1S/C21H12N12O9S3/c22-25-28-43(37,38)16-10-4-1-7-13(16)31-19(34)32(14-8-2-5-11-17(14)44(39,40)29-26-23)21(36)33(20(31)35)15-9-3-6-12-18(15)45(41,42)30-27-24/h1-12H. The van der Waals surface area contributed by atoms with Crippen LogP contribution in [-0.2, 0) is 30.1 Å². The number of para-hydroxylation sites is 3. The second kappa shape index (κ2) is 11.9. The van der Waals surface area contributed by atoms with Crippen LogP contribution in [0.3, 0.4) is 0 Å². The largest absolute Gasteiger partial charge is 0.345 e. The lowest BCUT2D eigenvalue weighted by Crippen LogP contribution is -2.53. The van der Waals surface area contributed by atoms with Gasteiger partial charge in [-0.05, 0) is 53.0 Å². The van der Waals surface area contributed by atoms with Crippen LogP contribution in [0.2, 0.25) is 0 Å². The Labute approximate surface area is 249 Å². The third kappa shape index (κ3) is 5.64. The summed E-state index contributed by atoms with van der Waals surface area (Å²) in [6.45, 7) is 0. The highest BCUT2D eigenvalue weighted by molar-refractivity contribution is 7.90. The number of benzene rings is 3. The number of aromatic nitrogens is 3. The predicted molar refractivity (Wildman–Crippen MR) is 152 cm³/mol. The monoisotopic (exact) mass is 672 g/mol. The Bertz CT molecular complexity index is 2260. The molecule has 0 saturated carbocycles. The first-order chi connectivity index (χ1) is 21.2. The maximum Gasteiger partial charge on any atom is 0.345 e. The molecule has 21 nitrogen and oxygen atoms in total. The van der Waals surface area contributed by atoms with Gasteiger partial charge in [-0.25, -0.2) is 53.3 Å². The molecule has 0 saturated heterocycles. The molecular weight excluding hydrogens is 661 g/mol. The van der Waals surface area contributed by atoms with Crippen molar-refractivity contribution in [2.75, 3.05) is 0 Å². The zero-order valence-electron chi connectivity index (χ0n) is 21.7. The number of azide groups is 3. The first-order valence-electron chi connectivity index (χ1n) is 11.5. The Balaban J connectivity index is 2.37. The predicted octanol–water partition coefficient (Wildman–Crippen LogP) is 2.14. The summed E-state index contributed by atoms with van der Waals surface area (Å²) in [7, 11) is -14.9. The van der Waals surface area contributed by atoms with Crippen LogP contribution in [0.1, 0.15) is 0 Å². The van der Waals surface area contributed by atoms with Crippen molar-refractivity contribution in [2.24, 2.45) is 13.6 Å². The molecule has 0 amide bonds. The van der Waals surface area contributed by atoms with Gasteiger partial charge in [-0.15, -0.1) is 0 Å². The summed E-state index contributed by atoms with van der Waals surface area (Å²) in [5.74, 6) is 0. The van der Waals surface area contributed by atoms with Crippen molar-refractivity contribution < 1.29 is 25.3 Å². The number of sulfonamides is 3. The van der Waals surface area contributed by atoms with Gasteiger partial charge >= 0.3 is 17.1 Å². The van der Waals surface area contributed by atoms with Gasteiger partial charge in [0, 0.05) is 28.3 Å². The first kappa shape index (κ1) is 31.8. The lowest BCUT2D eigenvalue weighted by Gasteiger charge is -2.17. The van der Waals surface area contributed by atoms with E-state index >= 15 is 0 Å². The Kier molecular flexibility index (Phi) is 8.37. The molecule has 1 aromatic heterocycles. The molecule has 0 aliphatic rings. The van der Waals surface area contributed by atoms with Crippen molar-refractivity contribution in [3.8, 4) is 17.1 Å². The van der Waals surface area contributed by atoms with Crippen LogP contribution < -0.4 is 17.1 Å². The van der Waals surface area contributed by atoms with E-state index in [2.05, 4.69) is 28.3 Å². The lowest BCUT2D eigenvalue weighted by atomic mass is 10.3. The average Bonchev–Trinajstić information content (AvgIpc) is 2.98. The summed E-state index contributed by atoms with van der Waals surface area (Å²) in [4.78, 5) is 45.8. The van der Waals surface area contributed by atoms with Crippen molar-refractivity contribution in [2.45, 2.75) is 14.7 Å². The molecule has 0 atom stereocenters. The number of rotatable bonds is 9. The average molecular weight is 673 g/mol. The second-order valence-electron chi connectivity index (χ2n) is 8.20. The van der Waals surface area contributed by atoms with E-state index in [1.54, 1.807) is 0 Å². The molecule has 4 aromatic rings. The van der Waals surface area contributed by atoms with Crippen LogP contribution in [0.25, 0.3) is 48.4 Å². The summed E-state index contributed by atoms with van der Waals surface area (Å²) in [5, 5.41) is 0. The topological polar surface area (TPSA) is 315 Å². The molecule has 24 heteroatoms. The molecule has 0 aliphatic heterocycles. The molecule has 0 radical (unpaired) electrons. The maximum absolute atomic E-state index is 14.0. The number of hydrogen-bond donors (Lipinski definition) is 0. The molecule has 228 valence electrons. The molecule has 0 aliphatic carbocycles. The van der Waals surface area contributed by atoms with Crippen LogP contribution in [0.5, 0.6) is 0 Å². The highest BCUT2D eigenvalue weighted by Gasteiger charge is 2.29. The van der Waals surface area contributed by atoms with E-state index < -0.39 is 78.9 Å². The minimum absolute atomic E-state index is 0.0646. The van der Waals surface area contributed by atoms with Gasteiger partial charge in [-0.3, -0.25) is 0 Å². The van der Waals surface area contributed by atoms with E-state index in [-0.39, 0.29) is 13.7 Å². The molecule has 45 heavy (non-hydrogen) atoms. The van der Waals surface area contributed by atoms with Crippen LogP contribution in [0.15, 0.2) is 115 Å². The molecule has 0 unspecified atom stereocenters. The summed E-state index contributed by atoms with van der Waals surface area (Å²) in [6, 6.07) is 12.0. The molecule has 0 bridgehead atoms. The van der Waals surface area contributed by atoms with Crippen LogP contribution in [0.4, 0.5) is 0 Å². The van der Waals surface area contributed by atoms with Gasteiger partial charge in [-0.2, -0.15) is 0 Å². The number of nitrogens with zero attached hydrogens (tertiary/aromatic N) is 12. The van der Waals surface area contributed by atoms with E-state index in [9.17, 15) is 39.6 Å². The van der Waals surface area contributed by atoms with E-state index in [1.165, 1.54) is 0 Å². The van der Waals surface area contributed by atoms with Crippen LogP contribution >= 0.6 is 0 Å². The fraction of sp³-hybridized carbons (Fsp3) is 0. The number of hydrogen-bond acceptors (Lipinski definition) is 9. The van der Waals surface area contributed by atoms with Crippen LogP contribution in [0, 0.1) is 0 Å². The summed E-state index contributed by atoms with van der Waals surface area (Å²) < 4.78 is 84.9. The third-order valence-corrected chi connectivity index (χ3v) is 9.30. The maximum atomic E-state index is 14.0. The van der Waals surface area contributed by atoms with Crippen molar-refractivity contribution in [1.29, 1.82) is 0 Å². The summed E-state index contributed by atoms with van der Waals surface area (Å²) >= 11 is 0. The lowest BCUT2D eigenvalue weighted by molar-refractivity contribution is 0.593. The van der Waals surface area contributed by atoms with Gasteiger partial charge in [0.1, 0.15) is 0 Å². The second-order valence-corrected chi connectivity index (χ2v) is 12.9. The van der Waals surface area contributed by atoms with Crippen LogP contribution in [-0.4, -0.2) is 39.0 Å². The minimum atomic E-state index is -4.95. The van der Waals surface area contributed by atoms with E-state index in [0.29, 0.717) is 0 Å². The van der Waals surface area contributed by atoms with Gasteiger partial charge in [-0.1, -0.05) is 36.4 Å². The summed E-state index contributed by atoms with van der Waals surface area (Å²) in [5.41, 5.74) is 18.8. The van der Waals surface area contributed by atoms with Gasteiger partial charge in [0.05, 0.1) is 31.7 Å². The minimum Gasteiger partial charge on any atom is -0.246 e. The highest BCUT2D eigenvalue weighted by atomic mass is 32.2. The van der Waals surface area contributed by atoms with Crippen molar-refractivity contribution in [3.63, 3.8) is 0 Å².